The number of amides is 1. The van der Waals surface area contributed by atoms with Crippen molar-refractivity contribution in [3.63, 3.8) is 0 Å². The van der Waals surface area contributed by atoms with Crippen molar-refractivity contribution in [2.24, 2.45) is 5.92 Å². The van der Waals surface area contributed by atoms with E-state index in [4.69, 9.17) is 9.47 Å². The Morgan fingerprint density at radius 1 is 1.08 bits per heavy atom. The second-order valence-corrected chi connectivity index (χ2v) is 11.7. The van der Waals surface area contributed by atoms with E-state index in [-0.39, 0.29) is 11.9 Å². The highest BCUT2D eigenvalue weighted by atomic mass is 16.5. The van der Waals surface area contributed by atoms with Crippen LogP contribution in [-0.2, 0) is 22.6 Å². The van der Waals surface area contributed by atoms with Gasteiger partial charge in [-0.2, -0.15) is 0 Å². The Morgan fingerprint density at radius 2 is 1.87 bits per heavy atom. The zero-order valence-corrected chi connectivity index (χ0v) is 23.9. The highest BCUT2D eigenvalue weighted by molar-refractivity contribution is 6.04. The number of hydrogen-bond donors (Lipinski definition) is 1. The largest absolute Gasteiger partial charge is 0.383 e. The topological polar surface area (TPSA) is 59.0 Å². The van der Waals surface area contributed by atoms with Crippen LogP contribution in [0.2, 0.25) is 0 Å². The van der Waals surface area contributed by atoms with Crippen LogP contribution in [0.1, 0.15) is 57.2 Å². The summed E-state index contributed by atoms with van der Waals surface area (Å²) < 4.78 is 13.8. The van der Waals surface area contributed by atoms with E-state index < -0.39 is 0 Å². The van der Waals surface area contributed by atoms with Crippen LogP contribution >= 0.6 is 0 Å². The van der Waals surface area contributed by atoms with Crippen molar-refractivity contribution in [3.05, 3.63) is 63.8 Å². The Morgan fingerprint density at radius 3 is 2.62 bits per heavy atom. The molecule has 1 saturated heterocycles. The summed E-state index contributed by atoms with van der Waals surface area (Å²) in [6, 6.07) is 10.9. The first kappa shape index (κ1) is 26.4. The number of carbonyl (C=O) groups excluding carboxylic acids is 1. The van der Waals surface area contributed by atoms with Crippen LogP contribution in [-0.4, -0.2) is 73.3 Å². The van der Waals surface area contributed by atoms with Gasteiger partial charge in [-0.3, -0.25) is 9.69 Å². The Labute approximate surface area is 232 Å². The van der Waals surface area contributed by atoms with Crippen molar-refractivity contribution >= 4 is 22.5 Å². The number of nitrogens with zero attached hydrogens (tertiary/aromatic N) is 3. The first-order valence-electron chi connectivity index (χ1n) is 14.5. The van der Waals surface area contributed by atoms with Gasteiger partial charge >= 0.3 is 0 Å². The maximum Gasteiger partial charge on any atom is 0.254 e. The SMILES string of the molecule is COCCN1CCN(C(=O)c2cc(NC3COCc4ccc(C)cc43)c3c(c2)c(C)c(C)n3CC2CC2)CC1. The van der Waals surface area contributed by atoms with E-state index in [1.54, 1.807) is 7.11 Å². The molecule has 1 saturated carbocycles. The second-order valence-electron chi connectivity index (χ2n) is 11.7. The second kappa shape index (κ2) is 11.0. The van der Waals surface area contributed by atoms with Gasteiger partial charge in [0.15, 0.2) is 0 Å². The fourth-order valence-corrected chi connectivity index (χ4v) is 6.23. The molecule has 3 aliphatic rings. The predicted octanol–water partition coefficient (Wildman–Crippen LogP) is 5.06. The van der Waals surface area contributed by atoms with E-state index in [0.29, 0.717) is 13.2 Å². The molecule has 39 heavy (non-hydrogen) atoms. The fourth-order valence-electron chi connectivity index (χ4n) is 6.23. The predicted molar refractivity (Wildman–Crippen MR) is 156 cm³/mol. The summed E-state index contributed by atoms with van der Waals surface area (Å²) in [5, 5.41) is 5.05. The number of anilines is 1. The summed E-state index contributed by atoms with van der Waals surface area (Å²) in [6.07, 6.45) is 2.61. The minimum atomic E-state index is 0.0384. The third kappa shape index (κ3) is 5.32. The molecule has 1 N–H and O–H groups in total. The van der Waals surface area contributed by atoms with E-state index >= 15 is 0 Å². The standard InChI is InChI=1S/C32H42N4O3/c1-21-5-8-25-19-39-20-30(28(25)15-21)33-29-17-26(32(37)35-11-9-34(10-12-35)13-14-38-4)16-27-22(2)23(3)36(31(27)29)18-24-6-7-24/h5,8,15-17,24,30,33H,6-7,9-14,18-20H2,1-4H3. The Hall–Kier alpha value is -2.87. The number of piperazine rings is 1. The number of benzene rings is 2. The third-order valence-corrected chi connectivity index (χ3v) is 8.94. The molecule has 2 aromatic carbocycles. The van der Waals surface area contributed by atoms with E-state index in [2.05, 4.69) is 65.9 Å². The zero-order chi connectivity index (χ0) is 27.1. The first-order chi connectivity index (χ1) is 18.9. The van der Waals surface area contributed by atoms with Crippen LogP contribution in [0.3, 0.4) is 0 Å². The third-order valence-electron chi connectivity index (χ3n) is 8.94. The van der Waals surface area contributed by atoms with E-state index in [0.717, 1.165) is 63.0 Å². The van der Waals surface area contributed by atoms with Gasteiger partial charge in [-0.1, -0.05) is 23.8 Å². The van der Waals surface area contributed by atoms with Crippen LogP contribution in [0.4, 0.5) is 5.69 Å². The summed E-state index contributed by atoms with van der Waals surface area (Å²) in [5.41, 5.74) is 9.38. The van der Waals surface area contributed by atoms with E-state index in [9.17, 15) is 4.79 Å². The van der Waals surface area contributed by atoms with Gasteiger partial charge in [0.1, 0.15) is 0 Å². The van der Waals surface area contributed by atoms with Crippen LogP contribution < -0.4 is 5.32 Å². The molecule has 7 nitrogen and oxygen atoms in total. The number of carbonyl (C=O) groups is 1. The molecule has 3 aromatic rings. The van der Waals surface area contributed by atoms with Gasteiger partial charge < -0.3 is 24.3 Å². The zero-order valence-electron chi connectivity index (χ0n) is 23.9. The number of aryl methyl sites for hydroxylation is 2. The smallest absolute Gasteiger partial charge is 0.254 e. The minimum absolute atomic E-state index is 0.0384. The number of aromatic nitrogens is 1. The number of fused-ring (bicyclic) bond motifs is 2. The highest BCUT2D eigenvalue weighted by Gasteiger charge is 2.29. The molecular weight excluding hydrogens is 488 g/mol. The monoisotopic (exact) mass is 530 g/mol. The Kier molecular flexibility index (Phi) is 7.40. The molecule has 0 bridgehead atoms. The number of methoxy groups -OCH3 is 1. The van der Waals surface area contributed by atoms with Crippen LogP contribution in [0.5, 0.6) is 0 Å². The minimum Gasteiger partial charge on any atom is -0.383 e. The van der Waals surface area contributed by atoms with Gasteiger partial charge in [0.25, 0.3) is 5.91 Å². The Bertz CT molecular complexity index is 1370. The maximum atomic E-state index is 13.9. The van der Waals surface area contributed by atoms with Crippen LogP contribution in [0.25, 0.3) is 10.9 Å². The molecule has 1 aromatic heterocycles. The summed E-state index contributed by atoms with van der Waals surface area (Å²) in [7, 11) is 1.74. The highest BCUT2D eigenvalue weighted by Crippen LogP contribution is 2.39. The molecule has 1 aliphatic carbocycles. The summed E-state index contributed by atoms with van der Waals surface area (Å²) in [6.45, 7) is 13.8. The molecule has 0 spiro atoms. The van der Waals surface area contributed by atoms with Crippen molar-refractivity contribution in [1.29, 1.82) is 0 Å². The van der Waals surface area contributed by atoms with Gasteiger partial charge in [0.05, 0.1) is 37.1 Å². The van der Waals surface area contributed by atoms with Crippen molar-refractivity contribution in [2.45, 2.75) is 52.8 Å². The Balaban J connectivity index is 1.36. The van der Waals surface area contributed by atoms with Crippen molar-refractivity contribution < 1.29 is 14.3 Å². The normalized spacial score (nSPS) is 19.9. The molecule has 7 heteroatoms. The average molecular weight is 531 g/mol. The molecule has 2 fully saturated rings. The molecule has 208 valence electrons. The van der Waals surface area contributed by atoms with Crippen LogP contribution in [0.15, 0.2) is 30.3 Å². The van der Waals surface area contributed by atoms with Gasteiger partial charge in [0.2, 0.25) is 0 Å². The lowest BCUT2D eigenvalue weighted by Crippen LogP contribution is -2.49. The molecule has 3 heterocycles. The molecule has 1 amide bonds. The number of nitrogens with one attached hydrogen (secondary N) is 1. The average Bonchev–Trinajstić information content (AvgIpc) is 3.74. The summed E-state index contributed by atoms with van der Waals surface area (Å²) in [4.78, 5) is 18.3. The van der Waals surface area contributed by atoms with Crippen LogP contribution in [0, 0.1) is 26.7 Å². The van der Waals surface area contributed by atoms with Gasteiger partial charge in [0, 0.05) is 63.0 Å². The summed E-state index contributed by atoms with van der Waals surface area (Å²) in [5.74, 6) is 0.873. The number of hydrogen-bond acceptors (Lipinski definition) is 5. The quantitative estimate of drug-likeness (QED) is 0.441. The molecular formula is C32H42N4O3. The lowest BCUT2D eigenvalue weighted by molar-refractivity contribution is 0.0594. The van der Waals surface area contributed by atoms with Gasteiger partial charge in [-0.05, 0) is 68.4 Å². The molecule has 1 unspecified atom stereocenters. The molecule has 0 radical (unpaired) electrons. The van der Waals surface area contributed by atoms with Gasteiger partial charge in [-0.15, -0.1) is 0 Å². The molecule has 1 atom stereocenters. The van der Waals surface area contributed by atoms with Crippen molar-refractivity contribution in [3.8, 4) is 0 Å². The first-order valence-corrected chi connectivity index (χ1v) is 14.5. The van der Waals surface area contributed by atoms with Crippen molar-refractivity contribution in [1.82, 2.24) is 14.4 Å². The maximum absolute atomic E-state index is 13.9. The lowest BCUT2D eigenvalue weighted by Gasteiger charge is -2.34. The van der Waals surface area contributed by atoms with E-state index in [1.807, 2.05) is 4.90 Å². The molecule has 6 rings (SSSR count). The van der Waals surface area contributed by atoms with Crippen molar-refractivity contribution in [2.75, 3.05) is 58.4 Å². The lowest BCUT2D eigenvalue weighted by atomic mass is 9.96. The summed E-state index contributed by atoms with van der Waals surface area (Å²) >= 11 is 0. The fraction of sp³-hybridized carbons (Fsp3) is 0.531. The molecule has 2 aliphatic heterocycles. The number of ether oxygens (including phenoxy) is 2. The van der Waals surface area contributed by atoms with Gasteiger partial charge in [-0.25, -0.2) is 0 Å². The van der Waals surface area contributed by atoms with E-state index in [1.165, 1.54) is 51.7 Å². The number of rotatable bonds is 8.